The molecule has 3 rings (SSSR count). The highest BCUT2D eigenvalue weighted by atomic mass is 19.4. The molecule has 0 aliphatic heterocycles. The van der Waals surface area contributed by atoms with Crippen molar-refractivity contribution in [2.75, 3.05) is 0 Å². The van der Waals surface area contributed by atoms with Crippen LogP contribution in [0.1, 0.15) is 36.1 Å². The SMILES string of the molecule is CCC(C(=O)Oc1cc(C(F)(F)F)nn1-c1cccc(C)c1)c1ccccc1. The molecule has 0 aliphatic carbocycles. The van der Waals surface area contributed by atoms with Gasteiger partial charge in [-0.1, -0.05) is 49.4 Å². The first kappa shape index (κ1) is 19.7. The Bertz CT molecular complexity index is 965. The summed E-state index contributed by atoms with van der Waals surface area (Å²) >= 11 is 0. The molecule has 0 bridgehead atoms. The molecule has 146 valence electrons. The number of esters is 1. The van der Waals surface area contributed by atoms with Crippen molar-refractivity contribution >= 4 is 5.97 Å². The van der Waals surface area contributed by atoms with Crippen molar-refractivity contribution in [3.8, 4) is 11.6 Å². The second kappa shape index (κ2) is 7.88. The van der Waals surface area contributed by atoms with E-state index in [0.717, 1.165) is 21.9 Å². The number of aromatic nitrogens is 2. The van der Waals surface area contributed by atoms with E-state index in [4.69, 9.17) is 4.74 Å². The minimum absolute atomic E-state index is 0.266. The summed E-state index contributed by atoms with van der Waals surface area (Å²) in [4.78, 5) is 12.7. The molecule has 0 saturated heterocycles. The highest BCUT2D eigenvalue weighted by Gasteiger charge is 2.36. The van der Waals surface area contributed by atoms with Crippen molar-refractivity contribution in [2.45, 2.75) is 32.4 Å². The summed E-state index contributed by atoms with van der Waals surface area (Å²) in [7, 11) is 0. The zero-order valence-corrected chi connectivity index (χ0v) is 15.4. The van der Waals surface area contributed by atoms with E-state index in [1.165, 1.54) is 0 Å². The number of aryl methyl sites for hydroxylation is 1. The molecule has 0 radical (unpaired) electrons. The molecular formula is C21H19F3N2O2. The van der Waals surface area contributed by atoms with Gasteiger partial charge in [0.1, 0.15) is 0 Å². The predicted octanol–water partition coefficient (Wildman–Crippen LogP) is 5.30. The van der Waals surface area contributed by atoms with Crippen molar-refractivity contribution in [1.82, 2.24) is 9.78 Å². The molecule has 1 atom stereocenters. The molecule has 1 heterocycles. The van der Waals surface area contributed by atoms with Gasteiger partial charge in [-0.2, -0.15) is 18.3 Å². The van der Waals surface area contributed by atoms with E-state index in [-0.39, 0.29) is 5.88 Å². The highest BCUT2D eigenvalue weighted by molar-refractivity contribution is 5.80. The lowest BCUT2D eigenvalue weighted by atomic mass is 9.97. The van der Waals surface area contributed by atoms with Gasteiger partial charge >= 0.3 is 12.1 Å². The van der Waals surface area contributed by atoms with Crippen molar-refractivity contribution in [3.63, 3.8) is 0 Å². The number of carbonyl (C=O) groups excluding carboxylic acids is 1. The maximum absolute atomic E-state index is 13.2. The lowest BCUT2D eigenvalue weighted by Crippen LogP contribution is -2.19. The Kier molecular flexibility index (Phi) is 5.53. The van der Waals surface area contributed by atoms with Gasteiger partial charge in [0.05, 0.1) is 11.6 Å². The normalized spacial score (nSPS) is 12.6. The zero-order valence-electron chi connectivity index (χ0n) is 15.4. The van der Waals surface area contributed by atoms with Crippen LogP contribution in [-0.4, -0.2) is 15.7 Å². The van der Waals surface area contributed by atoms with Crippen LogP contribution >= 0.6 is 0 Å². The van der Waals surface area contributed by atoms with Crippen LogP contribution in [0.4, 0.5) is 13.2 Å². The number of nitrogens with zero attached hydrogens (tertiary/aromatic N) is 2. The summed E-state index contributed by atoms with van der Waals surface area (Å²) < 4.78 is 46.0. The van der Waals surface area contributed by atoms with E-state index in [2.05, 4.69) is 5.10 Å². The molecule has 0 spiro atoms. The van der Waals surface area contributed by atoms with Crippen molar-refractivity contribution in [2.24, 2.45) is 0 Å². The van der Waals surface area contributed by atoms with E-state index < -0.39 is 23.8 Å². The first-order valence-electron chi connectivity index (χ1n) is 8.80. The van der Waals surface area contributed by atoms with Crippen LogP contribution in [0.2, 0.25) is 0 Å². The van der Waals surface area contributed by atoms with Crippen LogP contribution in [0.5, 0.6) is 5.88 Å². The minimum atomic E-state index is -4.65. The second-order valence-electron chi connectivity index (χ2n) is 6.41. The molecule has 3 aromatic rings. The van der Waals surface area contributed by atoms with Gasteiger partial charge in [-0.05, 0) is 36.6 Å². The molecule has 28 heavy (non-hydrogen) atoms. The van der Waals surface area contributed by atoms with Crippen LogP contribution in [0.15, 0.2) is 60.7 Å². The minimum Gasteiger partial charge on any atom is -0.407 e. The topological polar surface area (TPSA) is 44.1 Å². The van der Waals surface area contributed by atoms with Crippen LogP contribution in [0, 0.1) is 6.92 Å². The molecule has 0 fully saturated rings. The zero-order chi connectivity index (χ0) is 20.3. The van der Waals surface area contributed by atoms with Crippen molar-refractivity contribution in [1.29, 1.82) is 0 Å². The molecule has 0 N–H and O–H groups in total. The third kappa shape index (κ3) is 4.24. The number of halogens is 3. The molecule has 1 unspecified atom stereocenters. The Morgan fingerprint density at radius 1 is 1.11 bits per heavy atom. The predicted molar refractivity (Wildman–Crippen MR) is 98.4 cm³/mol. The van der Waals surface area contributed by atoms with Gasteiger partial charge < -0.3 is 4.74 Å². The summed E-state index contributed by atoms with van der Waals surface area (Å²) in [6, 6.07) is 16.5. The third-order valence-electron chi connectivity index (χ3n) is 4.31. The van der Waals surface area contributed by atoms with E-state index in [1.807, 2.05) is 26.0 Å². The molecular weight excluding hydrogens is 369 g/mol. The number of benzene rings is 2. The van der Waals surface area contributed by atoms with Gasteiger partial charge in [0.2, 0.25) is 5.88 Å². The average molecular weight is 388 g/mol. The molecule has 2 aromatic carbocycles. The standard InChI is InChI=1S/C21H19F3N2O2/c1-3-17(15-9-5-4-6-10-15)20(27)28-19-13-18(21(22,23)24)25-26(19)16-11-7-8-14(2)12-16/h4-13,17H,3H2,1-2H3. The molecule has 1 aromatic heterocycles. The quantitative estimate of drug-likeness (QED) is 0.557. The molecule has 0 saturated carbocycles. The lowest BCUT2D eigenvalue weighted by molar-refractivity contribution is -0.141. The summed E-state index contributed by atoms with van der Waals surface area (Å²) in [6.45, 7) is 3.63. The van der Waals surface area contributed by atoms with Gasteiger partial charge in [-0.15, -0.1) is 0 Å². The Morgan fingerprint density at radius 3 is 2.43 bits per heavy atom. The third-order valence-corrected chi connectivity index (χ3v) is 4.31. The summed E-state index contributed by atoms with van der Waals surface area (Å²) in [5.41, 5.74) is 0.845. The van der Waals surface area contributed by atoms with Gasteiger partial charge in [-0.25, -0.2) is 4.68 Å². The summed E-state index contributed by atoms with van der Waals surface area (Å²) in [5.74, 6) is -1.48. The van der Waals surface area contributed by atoms with Crippen LogP contribution in [-0.2, 0) is 11.0 Å². The monoisotopic (exact) mass is 388 g/mol. The van der Waals surface area contributed by atoms with E-state index in [0.29, 0.717) is 12.1 Å². The average Bonchev–Trinajstić information content (AvgIpc) is 3.07. The first-order chi connectivity index (χ1) is 13.3. The van der Waals surface area contributed by atoms with Gasteiger partial charge in [-0.3, -0.25) is 4.79 Å². The number of hydrogen-bond donors (Lipinski definition) is 0. The van der Waals surface area contributed by atoms with Gasteiger partial charge in [0.25, 0.3) is 0 Å². The summed E-state index contributed by atoms with van der Waals surface area (Å²) in [5, 5.41) is 3.62. The number of hydrogen-bond acceptors (Lipinski definition) is 3. The first-order valence-corrected chi connectivity index (χ1v) is 8.80. The smallest absolute Gasteiger partial charge is 0.407 e. The van der Waals surface area contributed by atoms with Gasteiger partial charge in [0, 0.05) is 6.07 Å². The lowest BCUT2D eigenvalue weighted by Gasteiger charge is -2.15. The van der Waals surface area contributed by atoms with Gasteiger partial charge in [0.15, 0.2) is 5.69 Å². The Morgan fingerprint density at radius 2 is 1.82 bits per heavy atom. The van der Waals surface area contributed by atoms with Crippen LogP contribution < -0.4 is 4.74 Å². The van der Waals surface area contributed by atoms with Crippen molar-refractivity contribution in [3.05, 3.63) is 77.5 Å². The fraction of sp³-hybridized carbons (Fsp3) is 0.238. The Hall–Kier alpha value is -3.09. The van der Waals surface area contributed by atoms with E-state index >= 15 is 0 Å². The fourth-order valence-electron chi connectivity index (χ4n) is 2.92. The molecule has 0 aliphatic rings. The number of alkyl halides is 3. The fourth-order valence-corrected chi connectivity index (χ4v) is 2.92. The maximum Gasteiger partial charge on any atom is 0.435 e. The Balaban J connectivity index is 1.98. The second-order valence-corrected chi connectivity index (χ2v) is 6.41. The molecule has 0 amide bonds. The highest BCUT2D eigenvalue weighted by Crippen LogP contribution is 2.33. The largest absolute Gasteiger partial charge is 0.435 e. The van der Waals surface area contributed by atoms with Crippen LogP contribution in [0.25, 0.3) is 5.69 Å². The van der Waals surface area contributed by atoms with Crippen molar-refractivity contribution < 1.29 is 22.7 Å². The van der Waals surface area contributed by atoms with Crippen LogP contribution in [0.3, 0.4) is 0 Å². The summed E-state index contributed by atoms with van der Waals surface area (Å²) in [6.07, 6.45) is -4.20. The molecule has 4 nitrogen and oxygen atoms in total. The molecule has 7 heteroatoms. The maximum atomic E-state index is 13.2. The number of ether oxygens (including phenoxy) is 1. The number of rotatable bonds is 5. The van der Waals surface area contributed by atoms with E-state index in [1.54, 1.807) is 42.5 Å². The number of carbonyl (C=O) groups is 1. The Labute approximate surface area is 160 Å². The van der Waals surface area contributed by atoms with E-state index in [9.17, 15) is 18.0 Å².